The molecule has 3 nitrogen and oxygen atoms in total. The second-order valence-corrected chi connectivity index (χ2v) is 6.72. The zero-order valence-corrected chi connectivity index (χ0v) is 14.7. The lowest BCUT2D eigenvalue weighted by Gasteiger charge is -2.31. The van der Waals surface area contributed by atoms with Crippen LogP contribution in [0.5, 0.6) is 11.5 Å². The minimum atomic E-state index is 0.271. The molecule has 0 bridgehead atoms. The first-order chi connectivity index (χ1) is 11.7. The van der Waals surface area contributed by atoms with Crippen LogP contribution in [0.1, 0.15) is 48.4 Å². The number of aryl methyl sites for hydroxylation is 1. The largest absolute Gasteiger partial charge is 0.504 e. The van der Waals surface area contributed by atoms with E-state index in [1.54, 1.807) is 13.2 Å². The Labute approximate surface area is 144 Å². The molecule has 1 atom stereocenters. The Hall–Kier alpha value is -2.00. The Morgan fingerprint density at radius 3 is 2.75 bits per heavy atom. The highest BCUT2D eigenvalue weighted by Crippen LogP contribution is 2.35. The first kappa shape index (κ1) is 16.8. The molecule has 0 saturated carbocycles. The minimum absolute atomic E-state index is 0.271. The lowest BCUT2D eigenvalue weighted by Crippen LogP contribution is -2.28. The van der Waals surface area contributed by atoms with E-state index < -0.39 is 0 Å². The lowest BCUT2D eigenvalue weighted by atomic mass is 9.98. The van der Waals surface area contributed by atoms with Crippen molar-refractivity contribution in [3.63, 3.8) is 0 Å². The van der Waals surface area contributed by atoms with Crippen LogP contribution in [0.25, 0.3) is 0 Å². The van der Waals surface area contributed by atoms with Gasteiger partial charge in [0.1, 0.15) is 0 Å². The van der Waals surface area contributed by atoms with Crippen molar-refractivity contribution in [3.05, 3.63) is 59.2 Å². The number of phenols is 1. The summed E-state index contributed by atoms with van der Waals surface area (Å²) in [6.07, 6.45) is 4.93. The molecule has 128 valence electrons. The van der Waals surface area contributed by atoms with Gasteiger partial charge in [0.25, 0.3) is 0 Å². The number of likely N-dealkylation sites (tertiary alicyclic amines) is 1. The fourth-order valence-corrected chi connectivity index (χ4v) is 3.69. The third-order valence-electron chi connectivity index (χ3n) is 4.97. The van der Waals surface area contributed by atoms with Crippen molar-refractivity contribution in [3.8, 4) is 11.5 Å². The highest BCUT2D eigenvalue weighted by Gasteiger charge is 2.24. The smallest absolute Gasteiger partial charge is 0.162 e. The van der Waals surface area contributed by atoms with Crippen LogP contribution in [0, 0.1) is 6.92 Å². The normalized spacial score (nSPS) is 19.0. The molecular formula is C21H27NO2. The summed E-state index contributed by atoms with van der Waals surface area (Å²) in [5.41, 5.74) is 3.63. The van der Waals surface area contributed by atoms with Crippen LogP contribution < -0.4 is 4.74 Å². The van der Waals surface area contributed by atoms with Gasteiger partial charge in [-0.3, -0.25) is 4.90 Å². The van der Waals surface area contributed by atoms with Gasteiger partial charge in [-0.25, -0.2) is 0 Å². The van der Waals surface area contributed by atoms with Crippen LogP contribution in [0.15, 0.2) is 42.5 Å². The van der Waals surface area contributed by atoms with Gasteiger partial charge < -0.3 is 9.84 Å². The molecule has 1 fully saturated rings. The highest BCUT2D eigenvalue weighted by molar-refractivity contribution is 5.45. The number of benzene rings is 2. The Balaban J connectivity index is 1.88. The second kappa shape index (κ2) is 7.71. The van der Waals surface area contributed by atoms with Crippen molar-refractivity contribution in [1.29, 1.82) is 0 Å². The number of hydrogen-bond acceptors (Lipinski definition) is 3. The predicted octanol–water partition coefficient (Wildman–Crippen LogP) is 4.83. The number of rotatable bonds is 4. The third-order valence-corrected chi connectivity index (χ3v) is 4.97. The van der Waals surface area contributed by atoms with Crippen molar-refractivity contribution in [2.45, 2.75) is 45.2 Å². The SMILES string of the molecule is COc1cccc(CN2CCCCC[C@H]2c2cccc(C)c2)c1O. The van der Waals surface area contributed by atoms with Gasteiger partial charge in [-0.05, 0) is 37.9 Å². The number of methoxy groups -OCH3 is 1. The van der Waals surface area contributed by atoms with Crippen molar-refractivity contribution < 1.29 is 9.84 Å². The van der Waals surface area contributed by atoms with Gasteiger partial charge in [-0.15, -0.1) is 0 Å². The summed E-state index contributed by atoms with van der Waals surface area (Å²) < 4.78 is 5.26. The fourth-order valence-electron chi connectivity index (χ4n) is 3.69. The Morgan fingerprint density at radius 1 is 1.12 bits per heavy atom. The minimum Gasteiger partial charge on any atom is -0.504 e. The van der Waals surface area contributed by atoms with Crippen LogP contribution in [0.4, 0.5) is 0 Å². The molecule has 24 heavy (non-hydrogen) atoms. The van der Waals surface area contributed by atoms with E-state index in [-0.39, 0.29) is 5.75 Å². The van der Waals surface area contributed by atoms with Gasteiger partial charge >= 0.3 is 0 Å². The number of aromatic hydroxyl groups is 1. The topological polar surface area (TPSA) is 32.7 Å². The van der Waals surface area contributed by atoms with E-state index in [1.165, 1.54) is 36.8 Å². The van der Waals surface area contributed by atoms with Crippen LogP contribution >= 0.6 is 0 Å². The van der Waals surface area contributed by atoms with E-state index in [0.717, 1.165) is 18.7 Å². The zero-order chi connectivity index (χ0) is 16.9. The molecule has 1 N–H and O–H groups in total. The first-order valence-corrected chi connectivity index (χ1v) is 8.84. The molecule has 3 rings (SSSR count). The maximum absolute atomic E-state index is 10.4. The Kier molecular flexibility index (Phi) is 5.41. The number of ether oxygens (including phenoxy) is 1. The molecule has 0 amide bonds. The van der Waals surface area contributed by atoms with E-state index in [4.69, 9.17) is 4.74 Å². The summed E-state index contributed by atoms with van der Waals surface area (Å²) >= 11 is 0. The van der Waals surface area contributed by atoms with Crippen molar-refractivity contribution in [2.24, 2.45) is 0 Å². The van der Waals surface area contributed by atoms with Gasteiger partial charge in [0.2, 0.25) is 0 Å². The highest BCUT2D eigenvalue weighted by atomic mass is 16.5. The third kappa shape index (κ3) is 3.73. The Morgan fingerprint density at radius 2 is 1.96 bits per heavy atom. The summed E-state index contributed by atoms with van der Waals surface area (Å²) in [5.74, 6) is 0.821. The number of hydrogen-bond donors (Lipinski definition) is 1. The van der Waals surface area contributed by atoms with E-state index in [9.17, 15) is 5.11 Å². The molecule has 1 aliphatic heterocycles. The lowest BCUT2D eigenvalue weighted by molar-refractivity contribution is 0.190. The molecule has 0 aromatic heterocycles. The van der Waals surface area contributed by atoms with Gasteiger partial charge in [0.05, 0.1) is 7.11 Å². The molecule has 1 aliphatic rings. The molecule has 1 heterocycles. The van der Waals surface area contributed by atoms with E-state index in [2.05, 4.69) is 36.1 Å². The average Bonchev–Trinajstić information content (AvgIpc) is 2.82. The molecule has 0 unspecified atom stereocenters. The van der Waals surface area contributed by atoms with Crippen molar-refractivity contribution in [2.75, 3.05) is 13.7 Å². The van der Waals surface area contributed by atoms with Crippen LogP contribution in [0.2, 0.25) is 0 Å². The van der Waals surface area contributed by atoms with Crippen molar-refractivity contribution >= 4 is 0 Å². The fraction of sp³-hybridized carbons (Fsp3) is 0.429. The first-order valence-electron chi connectivity index (χ1n) is 8.84. The van der Waals surface area contributed by atoms with E-state index in [1.807, 2.05) is 12.1 Å². The molecule has 0 aliphatic carbocycles. The second-order valence-electron chi connectivity index (χ2n) is 6.72. The molecule has 3 heteroatoms. The average molecular weight is 325 g/mol. The summed E-state index contributed by atoms with van der Waals surface area (Å²) in [6.45, 7) is 3.97. The van der Waals surface area contributed by atoms with Gasteiger partial charge in [-0.1, -0.05) is 54.8 Å². The van der Waals surface area contributed by atoms with Gasteiger partial charge in [-0.2, -0.15) is 0 Å². The maximum atomic E-state index is 10.4. The van der Waals surface area contributed by atoms with Gasteiger partial charge in [0, 0.05) is 18.2 Å². The zero-order valence-electron chi connectivity index (χ0n) is 14.7. The predicted molar refractivity (Wildman–Crippen MR) is 97.5 cm³/mol. The van der Waals surface area contributed by atoms with Crippen LogP contribution in [0.3, 0.4) is 0 Å². The molecule has 2 aromatic carbocycles. The summed E-state index contributed by atoms with van der Waals surface area (Å²) in [6, 6.07) is 15.0. The number of nitrogens with zero attached hydrogens (tertiary/aromatic N) is 1. The summed E-state index contributed by atoms with van der Waals surface area (Å²) in [4.78, 5) is 2.51. The Bertz CT molecular complexity index is 683. The van der Waals surface area contributed by atoms with Crippen LogP contribution in [-0.2, 0) is 6.54 Å². The number of para-hydroxylation sites is 1. The quantitative estimate of drug-likeness (QED) is 0.874. The van der Waals surface area contributed by atoms with Gasteiger partial charge in [0.15, 0.2) is 11.5 Å². The standard InChI is InChI=1S/C21H27NO2/c1-16-8-6-9-17(14-16)19-11-4-3-5-13-22(19)15-18-10-7-12-20(24-2)21(18)23/h6-10,12,14,19,23H,3-5,11,13,15H2,1-2H3/t19-/m0/s1. The molecule has 0 spiro atoms. The van der Waals surface area contributed by atoms with E-state index in [0.29, 0.717) is 11.8 Å². The van der Waals surface area contributed by atoms with E-state index >= 15 is 0 Å². The van der Waals surface area contributed by atoms with Crippen molar-refractivity contribution in [1.82, 2.24) is 4.90 Å². The van der Waals surface area contributed by atoms with Crippen LogP contribution in [-0.4, -0.2) is 23.7 Å². The number of phenolic OH excluding ortho intramolecular Hbond substituents is 1. The molecular weight excluding hydrogens is 298 g/mol. The summed E-state index contributed by atoms with van der Waals surface area (Å²) in [5, 5.41) is 10.4. The molecule has 1 saturated heterocycles. The molecule has 0 radical (unpaired) electrons. The maximum Gasteiger partial charge on any atom is 0.162 e. The molecule has 2 aromatic rings. The summed E-state index contributed by atoms with van der Waals surface area (Å²) in [7, 11) is 1.60. The monoisotopic (exact) mass is 325 g/mol.